The van der Waals surface area contributed by atoms with Crippen LogP contribution in [0.2, 0.25) is 0 Å². The highest BCUT2D eigenvalue weighted by atomic mass is 14.7. The third-order valence-electron chi connectivity index (χ3n) is 10.3. The second kappa shape index (κ2) is 12.2. The Morgan fingerprint density at radius 2 is 1.24 bits per heavy atom. The predicted molar refractivity (Wildman–Crippen MR) is 211 cm³/mol. The molecular weight excluding hydrogens is 621 g/mol. The molecule has 1 aliphatic carbocycles. The number of rotatable bonds is 4. The van der Waals surface area contributed by atoms with Crippen LogP contribution in [0.15, 0.2) is 133 Å². The van der Waals surface area contributed by atoms with Gasteiger partial charge in [0.2, 0.25) is 0 Å². The molecule has 0 N–H and O–H groups in total. The van der Waals surface area contributed by atoms with Crippen LogP contribution in [0.25, 0.3) is 82.7 Å². The fourth-order valence-corrected chi connectivity index (χ4v) is 7.88. The van der Waals surface area contributed by atoms with Gasteiger partial charge in [0.05, 0.1) is 45.4 Å². The topological polar surface area (TPSA) is 62.5 Å². The summed E-state index contributed by atoms with van der Waals surface area (Å²) >= 11 is 0. The van der Waals surface area contributed by atoms with Gasteiger partial charge in [0.25, 0.3) is 0 Å². The number of nitriles is 1. The summed E-state index contributed by atoms with van der Waals surface area (Å²) in [5.74, 6) is 0.451. The van der Waals surface area contributed by atoms with E-state index >= 15 is 0 Å². The van der Waals surface area contributed by atoms with Crippen molar-refractivity contribution in [3.8, 4) is 39.8 Å². The van der Waals surface area contributed by atoms with Crippen molar-refractivity contribution < 1.29 is 0 Å². The van der Waals surface area contributed by atoms with Gasteiger partial charge in [-0.15, -0.1) is 0 Å². The number of hydrogen-bond acceptors (Lipinski definition) is 4. The largest absolute Gasteiger partial charge is 0.248 e. The lowest BCUT2D eigenvalue weighted by Crippen LogP contribution is -2.02. The van der Waals surface area contributed by atoms with Crippen molar-refractivity contribution in [2.45, 2.75) is 27.2 Å². The van der Waals surface area contributed by atoms with Crippen LogP contribution in [0.4, 0.5) is 0 Å². The molecule has 0 saturated carbocycles. The Bertz CT molecular complexity index is 2800. The fourth-order valence-electron chi connectivity index (χ4n) is 7.88. The number of aryl methyl sites for hydroxylation is 2. The average molecular weight is 655 g/mol. The summed E-state index contributed by atoms with van der Waals surface area (Å²) in [6.45, 7) is 6.81. The van der Waals surface area contributed by atoms with Crippen molar-refractivity contribution in [1.29, 1.82) is 5.26 Å². The van der Waals surface area contributed by atoms with Crippen LogP contribution in [0.5, 0.6) is 0 Å². The van der Waals surface area contributed by atoms with Gasteiger partial charge in [0.1, 0.15) is 0 Å². The van der Waals surface area contributed by atoms with Gasteiger partial charge in [0, 0.05) is 38.2 Å². The first-order chi connectivity index (χ1) is 25.0. The van der Waals surface area contributed by atoms with Gasteiger partial charge in [-0.3, -0.25) is 0 Å². The molecule has 242 valence electrons. The number of hydrogen-bond donors (Lipinski definition) is 0. The van der Waals surface area contributed by atoms with Crippen molar-refractivity contribution in [3.63, 3.8) is 0 Å². The van der Waals surface area contributed by atoms with E-state index in [4.69, 9.17) is 15.0 Å². The normalized spacial score (nSPS) is 14.3. The van der Waals surface area contributed by atoms with E-state index in [1.54, 1.807) is 0 Å². The summed E-state index contributed by atoms with van der Waals surface area (Å²) in [5.41, 5.74) is 13.0. The van der Waals surface area contributed by atoms with Crippen LogP contribution in [0, 0.1) is 31.1 Å². The fraction of sp³-hybridized carbons (Fsp3) is 0.106. The molecule has 3 heterocycles. The lowest BCUT2D eigenvalue weighted by atomic mass is 9.84. The van der Waals surface area contributed by atoms with Gasteiger partial charge in [-0.1, -0.05) is 104 Å². The van der Waals surface area contributed by atoms with E-state index in [0.717, 1.165) is 67.7 Å². The molecule has 51 heavy (non-hydrogen) atoms. The van der Waals surface area contributed by atoms with E-state index in [-0.39, 0.29) is 0 Å². The maximum absolute atomic E-state index is 9.27. The Labute approximate surface area is 297 Å². The summed E-state index contributed by atoms with van der Waals surface area (Å²) < 4.78 is 0. The Hall–Kier alpha value is -6.44. The van der Waals surface area contributed by atoms with E-state index in [9.17, 15) is 5.26 Å². The van der Waals surface area contributed by atoms with Crippen LogP contribution in [-0.4, -0.2) is 15.0 Å². The number of pyridine rings is 3. The van der Waals surface area contributed by atoms with Crippen LogP contribution in [0.1, 0.15) is 35.7 Å². The molecule has 0 bridgehead atoms. The Morgan fingerprint density at radius 3 is 1.98 bits per heavy atom. The molecule has 4 nitrogen and oxygen atoms in total. The molecule has 0 aliphatic heterocycles. The molecule has 0 saturated heterocycles. The second-order valence-corrected chi connectivity index (χ2v) is 13.6. The first kappa shape index (κ1) is 30.6. The van der Waals surface area contributed by atoms with Gasteiger partial charge >= 0.3 is 0 Å². The second-order valence-electron chi connectivity index (χ2n) is 13.6. The Kier molecular flexibility index (Phi) is 7.30. The van der Waals surface area contributed by atoms with Gasteiger partial charge in [-0.25, -0.2) is 15.0 Å². The third-order valence-corrected chi connectivity index (χ3v) is 10.3. The molecule has 9 rings (SSSR count). The molecule has 4 heteroatoms. The van der Waals surface area contributed by atoms with Crippen molar-refractivity contribution in [2.24, 2.45) is 5.92 Å². The number of para-hydroxylation sites is 1. The van der Waals surface area contributed by atoms with Crippen molar-refractivity contribution in [2.75, 3.05) is 0 Å². The number of benzene rings is 5. The summed E-state index contributed by atoms with van der Waals surface area (Å²) in [6.07, 6.45) is 7.95. The summed E-state index contributed by atoms with van der Waals surface area (Å²) in [6, 6.07) is 41.5. The summed E-state index contributed by atoms with van der Waals surface area (Å²) in [4.78, 5) is 15.9. The molecular formula is C47H34N4. The highest BCUT2D eigenvalue weighted by Gasteiger charge is 2.23. The maximum atomic E-state index is 9.27. The standard InChI is InChI=1S/C47H34N4/c1-28-11-9-14-35(25-28)47-45-30(3)43-37-24-23-34(39-18-10-17-38(49-39)32-21-19-31(27-48)20-22-32)26-41(37)51-46(33-12-5-4-6-13-33)44(43)29(2)42(45)36-15-7-8-16-40(36)50-47/h4-10,12-26,28H,11H2,1-3H3. The van der Waals surface area contributed by atoms with Crippen LogP contribution in [-0.2, 0) is 0 Å². The first-order valence-electron chi connectivity index (χ1n) is 17.5. The molecule has 0 amide bonds. The van der Waals surface area contributed by atoms with Gasteiger partial charge in [-0.05, 0) is 90.1 Å². The molecule has 5 aromatic carbocycles. The van der Waals surface area contributed by atoms with Gasteiger partial charge in [0.15, 0.2) is 0 Å². The lowest BCUT2D eigenvalue weighted by Gasteiger charge is -2.22. The van der Waals surface area contributed by atoms with Gasteiger partial charge in [-0.2, -0.15) is 5.26 Å². The van der Waals surface area contributed by atoms with Gasteiger partial charge < -0.3 is 0 Å². The predicted octanol–water partition coefficient (Wildman–Crippen LogP) is 12.0. The Morgan fingerprint density at radius 1 is 0.588 bits per heavy atom. The number of aromatic nitrogens is 3. The zero-order valence-corrected chi connectivity index (χ0v) is 28.8. The van der Waals surface area contributed by atoms with E-state index in [0.29, 0.717) is 11.5 Å². The molecule has 1 unspecified atom stereocenters. The number of fused-ring (bicyclic) bond motifs is 6. The lowest BCUT2D eigenvalue weighted by molar-refractivity contribution is 0.739. The Balaban J connectivity index is 1.36. The number of nitrogens with zero attached hydrogens (tertiary/aromatic N) is 4. The molecule has 0 radical (unpaired) electrons. The minimum Gasteiger partial charge on any atom is -0.248 e. The zero-order valence-electron chi connectivity index (χ0n) is 28.8. The summed E-state index contributed by atoms with van der Waals surface area (Å²) in [7, 11) is 0. The summed E-state index contributed by atoms with van der Waals surface area (Å²) in [5, 5.41) is 16.4. The molecule has 1 aliphatic rings. The number of allylic oxidation sites excluding steroid dienone is 4. The molecule has 1 atom stereocenters. The quantitative estimate of drug-likeness (QED) is 0.140. The van der Waals surface area contributed by atoms with E-state index in [1.807, 2.05) is 42.5 Å². The van der Waals surface area contributed by atoms with Crippen LogP contribution in [0.3, 0.4) is 0 Å². The highest BCUT2D eigenvalue weighted by Crippen LogP contribution is 2.45. The molecule has 0 spiro atoms. The zero-order chi connectivity index (χ0) is 34.6. The minimum atomic E-state index is 0.451. The van der Waals surface area contributed by atoms with E-state index in [1.165, 1.54) is 38.2 Å². The smallest absolute Gasteiger partial charge is 0.0991 e. The van der Waals surface area contributed by atoms with Crippen molar-refractivity contribution in [1.82, 2.24) is 15.0 Å². The molecule has 3 aromatic heterocycles. The first-order valence-corrected chi connectivity index (χ1v) is 17.5. The molecule has 8 aromatic rings. The maximum Gasteiger partial charge on any atom is 0.0991 e. The minimum absolute atomic E-state index is 0.451. The van der Waals surface area contributed by atoms with Crippen LogP contribution >= 0.6 is 0 Å². The third kappa shape index (κ3) is 5.09. The van der Waals surface area contributed by atoms with E-state index < -0.39 is 0 Å². The average Bonchev–Trinajstić information content (AvgIpc) is 3.18. The monoisotopic (exact) mass is 654 g/mol. The van der Waals surface area contributed by atoms with Crippen molar-refractivity contribution >= 4 is 48.9 Å². The molecule has 0 fully saturated rings. The highest BCUT2D eigenvalue weighted by molar-refractivity contribution is 6.25. The van der Waals surface area contributed by atoms with Crippen molar-refractivity contribution in [3.05, 3.63) is 156 Å². The SMILES string of the molecule is Cc1c2c(-c3ccccc3)nc3cc(-c4cccc(-c5ccc(C#N)cc5)n4)ccc3c2c(C)c2c(C3=CC(C)CC=C3)nc3ccccc3c12. The van der Waals surface area contributed by atoms with E-state index in [2.05, 4.69) is 118 Å². The van der Waals surface area contributed by atoms with Crippen LogP contribution < -0.4 is 0 Å².